The Hall–Kier alpha value is -2.80. The van der Waals surface area contributed by atoms with Crippen LogP contribution in [0.2, 0.25) is 0 Å². The third kappa shape index (κ3) is 4.86. The topological polar surface area (TPSA) is 66.9 Å². The minimum absolute atomic E-state index is 0.357. The van der Waals surface area contributed by atoms with E-state index in [9.17, 15) is 4.79 Å². The molecule has 1 aliphatic heterocycles. The fourth-order valence-corrected chi connectivity index (χ4v) is 2.95. The van der Waals surface area contributed by atoms with Crippen LogP contribution in [0, 0.1) is 0 Å². The number of benzene rings is 1. The molecule has 1 fully saturated rings. The van der Waals surface area contributed by atoms with Crippen molar-refractivity contribution >= 4 is 17.5 Å². The maximum absolute atomic E-state index is 11.9. The predicted octanol–water partition coefficient (Wildman–Crippen LogP) is 2.46. The number of hydrogen-bond acceptors (Lipinski definition) is 6. The third-order valence-electron chi connectivity index (χ3n) is 4.38. The molecule has 2 heterocycles. The van der Waals surface area contributed by atoms with Crippen molar-refractivity contribution in [1.29, 1.82) is 0 Å². The number of carbonyl (C=O) groups excluding carboxylic acids is 1. The Kier molecular flexibility index (Phi) is 6.27. The highest BCUT2D eigenvalue weighted by atomic mass is 16.5. The summed E-state index contributed by atoms with van der Waals surface area (Å²) < 4.78 is 10.5. The summed E-state index contributed by atoms with van der Waals surface area (Å²) in [6.45, 7) is 4.88. The molecule has 26 heavy (non-hydrogen) atoms. The first-order valence-electron chi connectivity index (χ1n) is 8.70. The van der Waals surface area contributed by atoms with Crippen molar-refractivity contribution in [3.63, 3.8) is 0 Å². The highest BCUT2D eigenvalue weighted by Crippen LogP contribution is 2.23. The molecule has 0 atom stereocenters. The van der Waals surface area contributed by atoms with E-state index >= 15 is 0 Å². The Balaban J connectivity index is 1.37. The van der Waals surface area contributed by atoms with Gasteiger partial charge < -0.3 is 14.4 Å². The molecule has 2 aromatic rings. The summed E-state index contributed by atoms with van der Waals surface area (Å²) in [5.41, 5.74) is 1.80. The zero-order chi connectivity index (χ0) is 18.2. The fourth-order valence-electron chi connectivity index (χ4n) is 2.95. The van der Waals surface area contributed by atoms with Gasteiger partial charge in [0, 0.05) is 50.8 Å². The number of rotatable bonds is 6. The second-order valence-electron chi connectivity index (χ2n) is 6.00. The molecule has 0 spiro atoms. The summed E-state index contributed by atoms with van der Waals surface area (Å²) in [5, 5.41) is 2.71. The lowest BCUT2D eigenvalue weighted by atomic mass is 10.2. The SMILES string of the molecule is COc1ccccc1NC(=O)OCCN1CCN(c2ccncc2)CC1. The molecular formula is C19H24N4O3. The van der Waals surface area contributed by atoms with E-state index in [-0.39, 0.29) is 0 Å². The Morgan fingerprint density at radius 2 is 1.85 bits per heavy atom. The van der Waals surface area contributed by atoms with E-state index in [1.165, 1.54) is 5.69 Å². The smallest absolute Gasteiger partial charge is 0.411 e. The highest BCUT2D eigenvalue weighted by Gasteiger charge is 2.17. The van der Waals surface area contributed by atoms with Gasteiger partial charge in [-0.15, -0.1) is 0 Å². The first kappa shape index (κ1) is 18.0. The van der Waals surface area contributed by atoms with Gasteiger partial charge >= 0.3 is 6.09 Å². The Labute approximate surface area is 153 Å². The second kappa shape index (κ2) is 9.05. The highest BCUT2D eigenvalue weighted by molar-refractivity contribution is 5.86. The van der Waals surface area contributed by atoms with Crippen LogP contribution in [0.4, 0.5) is 16.2 Å². The van der Waals surface area contributed by atoms with Gasteiger partial charge in [-0.05, 0) is 24.3 Å². The van der Waals surface area contributed by atoms with Crippen LogP contribution in [0.1, 0.15) is 0 Å². The van der Waals surface area contributed by atoms with Gasteiger partial charge in [-0.2, -0.15) is 0 Å². The maximum Gasteiger partial charge on any atom is 0.411 e. The number of amides is 1. The van der Waals surface area contributed by atoms with Crippen molar-refractivity contribution in [2.24, 2.45) is 0 Å². The molecule has 0 saturated carbocycles. The molecule has 1 amide bonds. The molecular weight excluding hydrogens is 332 g/mol. The minimum Gasteiger partial charge on any atom is -0.495 e. The summed E-state index contributed by atoms with van der Waals surface area (Å²) in [7, 11) is 1.57. The number of pyridine rings is 1. The number of aromatic nitrogens is 1. The molecule has 7 nitrogen and oxygen atoms in total. The number of hydrogen-bond donors (Lipinski definition) is 1. The van der Waals surface area contributed by atoms with Crippen molar-refractivity contribution in [2.45, 2.75) is 0 Å². The molecule has 0 aliphatic carbocycles. The van der Waals surface area contributed by atoms with Gasteiger partial charge in [0.2, 0.25) is 0 Å². The fraction of sp³-hybridized carbons (Fsp3) is 0.368. The van der Waals surface area contributed by atoms with E-state index < -0.39 is 6.09 Å². The lowest BCUT2D eigenvalue weighted by molar-refractivity contribution is 0.137. The van der Waals surface area contributed by atoms with Crippen LogP contribution in [-0.2, 0) is 4.74 Å². The van der Waals surface area contributed by atoms with E-state index in [4.69, 9.17) is 9.47 Å². The van der Waals surface area contributed by atoms with Gasteiger partial charge in [0.25, 0.3) is 0 Å². The lowest BCUT2D eigenvalue weighted by Gasteiger charge is -2.35. The zero-order valence-corrected chi connectivity index (χ0v) is 14.9. The molecule has 0 radical (unpaired) electrons. The van der Waals surface area contributed by atoms with Gasteiger partial charge in [0.15, 0.2) is 0 Å². The molecule has 0 bridgehead atoms. The summed E-state index contributed by atoms with van der Waals surface area (Å²) >= 11 is 0. The second-order valence-corrected chi connectivity index (χ2v) is 6.00. The van der Waals surface area contributed by atoms with Crippen molar-refractivity contribution in [1.82, 2.24) is 9.88 Å². The van der Waals surface area contributed by atoms with Gasteiger partial charge in [-0.25, -0.2) is 4.79 Å². The average molecular weight is 356 g/mol. The molecule has 3 rings (SSSR count). The van der Waals surface area contributed by atoms with Crippen molar-refractivity contribution in [2.75, 3.05) is 56.7 Å². The van der Waals surface area contributed by atoms with E-state index in [1.807, 2.05) is 36.7 Å². The van der Waals surface area contributed by atoms with Crippen LogP contribution >= 0.6 is 0 Å². The summed E-state index contributed by atoms with van der Waals surface area (Å²) in [4.78, 5) is 20.6. The van der Waals surface area contributed by atoms with Crippen LogP contribution in [0.5, 0.6) is 5.75 Å². The Morgan fingerprint density at radius 1 is 1.12 bits per heavy atom. The van der Waals surface area contributed by atoms with Gasteiger partial charge in [0.1, 0.15) is 12.4 Å². The minimum atomic E-state index is -0.468. The van der Waals surface area contributed by atoms with Crippen LogP contribution in [0.15, 0.2) is 48.8 Å². The van der Waals surface area contributed by atoms with Gasteiger partial charge in [0.05, 0.1) is 12.8 Å². The number of anilines is 2. The molecule has 1 aliphatic rings. The van der Waals surface area contributed by atoms with Crippen LogP contribution in [0.3, 0.4) is 0 Å². The van der Waals surface area contributed by atoms with Crippen LogP contribution < -0.4 is 15.0 Å². The predicted molar refractivity (Wildman–Crippen MR) is 101 cm³/mol. The molecule has 1 saturated heterocycles. The normalized spacial score (nSPS) is 14.7. The van der Waals surface area contributed by atoms with E-state index in [1.54, 1.807) is 19.2 Å². The summed E-state index contributed by atoms with van der Waals surface area (Å²) in [6, 6.07) is 11.3. The molecule has 1 aromatic carbocycles. The molecule has 138 valence electrons. The molecule has 1 aromatic heterocycles. The summed E-state index contributed by atoms with van der Waals surface area (Å²) in [6.07, 6.45) is 3.16. The largest absolute Gasteiger partial charge is 0.495 e. The number of nitrogens with one attached hydrogen (secondary N) is 1. The Bertz CT molecular complexity index is 703. The molecule has 0 unspecified atom stereocenters. The number of carbonyl (C=O) groups is 1. The molecule has 7 heteroatoms. The van der Waals surface area contributed by atoms with Gasteiger partial charge in [-0.3, -0.25) is 15.2 Å². The number of piperazine rings is 1. The Morgan fingerprint density at radius 3 is 2.58 bits per heavy atom. The number of nitrogens with zero attached hydrogens (tertiary/aromatic N) is 3. The first-order valence-corrected chi connectivity index (χ1v) is 8.70. The van der Waals surface area contributed by atoms with E-state index in [0.29, 0.717) is 18.0 Å². The summed E-state index contributed by atoms with van der Waals surface area (Å²) in [5.74, 6) is 0.608. The van der Waals surface area contributed by atoms with Gasteiger partial charge in [-0.1, -0.05) is 12.1 Å². The van der Waals surface area contributed by atoms with E-state index in [2.05, 4.69) is 20.1 Å². The standard InChI is InChI=1S/C19H24N4O3/c1-25-18-5-3-2-4-17(18)21-19(24)26-15-14-22-10-12-23(13-11-22)16-6-8-20-9-7-16/h2-9H,10-15H2,1H3,(H,21,24). The molecule has 1 N–H and O–H groups in total. The monoisotopic (exact) mass is 356 g/mol. The maximum atomic E-state index is 11.9. The number of para-hydroxylation sites is 2. The van der Waals surface area contributed by atoms with Crippen LogP contribution in [-0.4, -0.2) is 62.4 Å². The first-order chi connectivity index (χ1) is 12.8. The number of ether oxygens (including phenoxy) is 2. The lowest BCUT2D eigenvalue weighted by Crippen LogP contribution is -2.47. The van der Waals surface area contributed by atoms with Crippen molar-refractivity contribution in [3.05, 3.63) is 48.8 Å². The number of methoxy groups -OCH3 is 1. The van der Waals surface area contributed by atoms with Crippen molar-refractivity contribution < 1.29 is 14.3 Å². The van der Waals surface area contributed by atoms with E-state index in [0.717, 1.165) is 32.7 Å². The third-order valence-corrected chi connectivity index (χ3v) is 4.38. The van der Waals surface area contributed by atoms with Crippen LogP contribution in [0.25, 0.3) is 0 Å². The zero-order valence-electron chi connectivity index (χ0n) is 14.9. The average Bonchev–Trinajstić information content (AvgIpc) is 2.69. The quantitative estimate of drug-likeness (QED) is 0.858. The van der Waals surface area contributed by atoms with Crippen molar-refractivity contribution in [3.8, 4) is 5.75 Å².